The number of benzene rings is 2. The van der Waals surface area contributed by atoms with Crippen molar-refractivity contribution in [3.8, 4) is 0 Å². The molecular formula is C17H18N2O3. The van der Waals surface area contributed by atoms with Gasteiger partial charge in [-0.25, -0.2) is 5.48 Å². The van der Waals surface area contributed by atoms with E-state index in [-0.39, 0.29) is 11.5 Å². The lowest BCUT2D eigenvalue weighted by Crippen LogP contribution is -2.23. The molecule has 0 aliphatic rings. The van der Waals surface area contributed by atoms with E-state index in [0.29, 0.717) is 12.1 Å². The van der Waals surface area contributed by atoms with E-state index in [9.17, 15) is 9.59 Å². The van der Waals surface area contributed by atoms with Gasteiger partial charge in [0, 0.05) is 17.7 Å². The summed E-state index contributed by atoms with van der Waals surface area (Å²) >= 11 is 0. The van der Waals surface area contributed by atoms with Gasteiger partial charge in [-0.05, 0) is 43.7 Å². The second-order valence-corrected chi connectivity index (χ2v) is 5.20. The Morgan fingerprint density at radius 3 is 1.91 bits per heavy atom. The Hall–Kier alpha value is -2.66. The molecule has 3 N–H and O–H groups in total. The fourth-order valence-corrected chi connectivity index (χ4v) is 2.29. The minimum Gasteiger partial charge on any atom is -0.348 e. The number of carbonyl (C=O) groups is 2. The summed E-state index contributed by atoms with van der Waals surface area (Å²) in [6.07, 6.45) is 0. The van der Waals surface area contributed by atoms with Crippen molar-refractivity contribution in [2.45, 2.75) is 20.4 Å². The molecule has 0 saturated carbocycles. The molecule has 0 spiro atoms. The minimum absolute atomic E-state index is 0.213. The summed E-state index contributed by atoms with van der Waals surface area (Å²) in [6, 6.07) is 12.2. The summed E-state index contributed by atoms with van der Waals surface area (Å²) < 4.78 is 0. The highest BCUT2D eigenvalue weighted by Gasteiger charge is 2.08. The van der Waals surface area contributed by atoms with Gasteiger partial charge in [0.05, 0.1) is 0 Å². The first-order valence-electron chi connectivity index (χ1n) is 6.89. The normalized spacial score (nSPS) is 10.1. The molecule has 0 unspecified atom stereocenters. The van der Waals surface area contributed by atoms with Gasteiger partial charge in [-0.15, -0.1) is 0 Å². The molecule has 0 atom stereocenters. The van der Waals surface area contributed by atoms with Crippen LogP contribution >= 0.6 is 0 Å². The Labute approximate surface area is 128 Å². The Morgan fingerprint density at radius 2 is 1.41 bits per heavy atom. The molecule has 22 heavy (non-hydrogen) atoms. The molecule has 0 heterocycles. The maximum Gasteiger partial charge on any atom is 0.274 e. The van der Waals surface area contributed by atoms with Gasteiger partial charge in [0.15, 0.2) is 0 Å². The standard InChI is InChI=1S/C17H18N2O3/c1-11-7-12(2)9-13(8-11)10-18-16(20)14-3-5-15(6-4-14)17(21)19-22/h3-9,22H,10H2,1-2H3,(H,18,20)(H,19,21). The number of nitrogens with one attached hydrogen (secondary N) is 2. The summed E-state index contributed by atoms with van der Waals surface area (Å²) in [7, 11) is 0. The molecule has 114 valence electrons. The van der Waals surface area contributed by atoms with Crippen molar-refractivity contribution in [3.05, 3.63) is 70.3 Å². The third-order valence-corrected chi connectivity index (χ3v) is 3.25. The molecule has 2 aromatic rings. The molecule has 0 aliphatic carbocycles. The highest BCUT2D eigenvalue weighted by molar-refractivity contribution is 5.97. The van der Waals surface area contributed by atoms with Gasteiger partial charge in [0.1, 0.15) is 0 Å². The van der Waals surface area contributed by atoms with E-state index in [2.05, 4.69) is 11.4 Å². The van der Waals surface area contributed by atoms with Gasteiger partial charge in [0.25, 0.3) is 11.8 Å². The number of hydrogen-bond donors (Lipinski definition) is 3. The van der Waals surface area contributed by atoms with E-state index in [4.69, 9.17) is 5.21 Å². The van der Waals surface area contributed by atoms with Crippen LogP contribution in [0.3, 0.4) is 0 Å². The van der Waals surface area contributed by atoms with Crippen molar-refractivity contribution in [3.63, 3.8) is 0 Å². The van der Waals surface area contributed by atoms with E-state index in [1.807, 2.05) is 26.0 Å². The molecule has 5 heteroatoms. The van der Waals surface area contributed by atoms with Gasteiger partial charge in [-0.3, -0.25) is 14.8 Å². The Bertz CT molecular complexity index is 673. The van der Waals surface area contributed by atoms with Crippen LogP contribution in [0.4, 0.5) is 0 Å². The SMILES string of the molecule is Cc1cc(C)cc(CNC(=O)c2ccc(C(=O)NO)cc2)c1. The van der Waals surface area contributed by atoms with Crippen molar-refractivity contribution in [1.82, 2.24) is 10.8 Å². The van der Waals surface area contributed by atoms with Crippen molar-refractivity contribution in [2.24, 2.45) is 0 Å². The van der Waals surface area contributed by atoms with Gasteiger partial charge >= 0.3 is 0 Å². The van der Waals surface area contributed by atoms with Gasteiger partial charge in [-0.1, -0.05) is 29.3 Å². The van der Waals surface area contributed by atoms with E-state index >= 15 is 0 Å². The molecule has 0 aliphatic heterocycles. The molecule has 5 nitrogen and oxygen atoms in total. The number of rotatable bonds is 4. The monoisotopic (exact) mass is 298 g/mol. The van der Waals surface area contributed by atoms with Gasteiger partial charge in [0.2, 0.25) is 0 Å². The van der Waals surface area contributed by atoms with Crippen molar-refractivity contribution >= 4 is 11.8 Å². The Kier molecular flexibility index (Phi) is 4.91. The van der Waals surface area contributed by atoms with E-state index < -0.39 is 5.91 Å². The lowest BCUT2D eigenvalue weighted by atomic mass is 10.1. The molecule has 0 radical (unpaired) electrons. The van der Waals surface area contributed by atoms with Crippen LogP contribution in [-0.2, 0) is 6.54 Å². The zero-order valence-corrected chi connectivity index (χ0v) is 12.5. The topological polar surface area (TPSA) is 78.4 Å². The zero-order chi connectivity index (χ0) is 16.1. The molecule has 0 aromatic heterocycles. The zero-order valence-electron chi connectivity index (χ0n) is 12.5. The molecular weight excluding hydrogens is 280 g/mol. The molecule has 2 rings (SSSR count). The summed E-state index contributed by atoms with van der Waals surface area (Å²) in [5.41, 5.74) is 5.65. The smallest absolute Gasteiger partial charge is 0.274 e. The molecule has 2 aromatic carbocycles. The number of amides is 2. The van der Waals surface area contributed by atoms with E-state index in [1.165, 1.54) is 12.1 Å². The van der Waals surface area contributed by atoms with Crippen LogP contribution < -0.4 is 10.8 Å². The number of carbonyl (C=O) groups excluding carboxylic acids is 2. The van der Waals surface area contributed by atoms with Crippen LogP contribution in [0.1, 0.15) is 37.4 Å². The summed E-state index contributed by atoms with van der Waals surface area (Å²) in [5, 5.41) is 11.4. The number of hydrogen-bond acceptors (Lipinski definition) is 3. The van der Waals surface area contributed by atoms with Crippen molar-refractivity contribution in [2.75, 3.05) is 0 Å². The summed E-state index contributed by atoms with van der Waals surface area (Å²) in [5.74, 6) is -0.822. The number of aryl methyl sites for hydroxylation is 2. The second-order valence-electron chi connectivity index (χ2n) is 5.20. The van der Waals surface area contributed by atoms with E-state index in [0.717, 1.165) is 16.7 Å². The fourth-order valence-electron chi connectivity index (χ4n) is 2.29. The van der Waals surface area contributed by atoms with Crippen LogP contribution in [0, 0.1) is 13.8 Å². The highest BCUT2D eigenvalue weighted by Crippen LogP contribution is 2.09. The first kappa shape index (κ1) is 15.7. The third-order valence-electron chi connectivity index (χ3n) is 3.25. The quantitative estimate of drug-likeness (QED) is 0.599. The van der Waals surface area contributed by atoms with Crippen LogP contribution in [0.15, 0.2) is 42.5 Å². The maximum atomic E-state index is 12.1. The van der Waals surface area contributed by atoms with Crippen LogP contribution in [0.2, 0.25) is 0 Å². The molecule has 0 saturated heterocycles. The molecule has 2 amide bonds. The van der Waals surface area contributed by atoms with Crippen LogP contribution in [-0.4, -0.2) is 17.0 Å². The minimum atomic E-state index is -0.609. The number of hydroxylamine groups is 1. The predicted molar refractivity (Wildman–Crippen MR) is 82.8 cm³/mol. The summed E-state index contributed by atoms with van der Waals surface area (Å²) in [6.45, 7) is 4.48. The third kappa shape index (κ3) is 3.93. The molecule has 0 fully saturated rings. The predicted octanol–water partition coefficient (Wildman–Crippen LogP) is 2.35. The first-order valence-corrected chi connectivity index (χ1v) is 6.89. The Morgan fingerprint density at radius 1 is 0.909 bits per heavy atom. The average molecular weight is 298 g/mol. The van der Waals surface area contributed by atoms with Crippen LogP contribution in [0.25, 0.3) is 0 Å². The van der Waals surface area contributed by atoms with Crippen molar-refractivity contribution < 1.29 is 14.8 Å². The Balaban J connectivity index is 2.01. The first-order chi connectivity index (χ1) is 10.5. The lowest BCUT2D eigenvalue weighted by molar-refractivity contribution is 0.0706. The van der Waals surface area contributed by atoms with Crippen LogP contribution in [0.5, 0.6) is 0 Å². The second kappa shape index (κ2) is 6.87. The lowest BCUT2D eigenvalue weighted by Gasteiger charge is -2.08. The average Bonchev–Trinajstić information content (AvgIpc) is 2.51. The largest absolute Gasteiger partial charge is 0.348 e. The van der Waals surface area contributed by atoms with Gasteiger partial charge in [-0.2, -0.15) is 0 Å². The summed E-state index contributed by atoms with van der Waals surface area (Å²) in [4.78, 5) is 23.3. The fraction of sp³-hybridized carbons (Fsp3) is 0.176. The van der Waals surface area contributed by atoms with Crippen molar-refractivity contribution in [1.29, 1.82) is 0 Å². The van der Waals surface area contributed by atoms with E-state index in [1.54, 1.807) is 17.6 Å². The van der Waals surface area contributed by atoms with Gasteiger partial charge < -0.3 is 5.32 Å². The highest BCUT2D eigenvalue weighted by atomic mass is 16.5. The maximum absolute atomic E-state index is 12.1. The molecule has 0 bridgehead atoms.